The summed E-state index contributed by atoms with van der Waals surface area (Å²) in [6.45, 7) is 0.0188. The van der Waals surface area contributed by atoms with Crippen LogP contribution in [-0.2, 0) is 0 Å². The summed E-state index contributed by atoms with van der Waals surface area (Å²) in [4.78, 5) is 0. The summed E-state index contributed by atoms with van der Waals surface area (Å²) in [6, 6.07) is 16.2. The SMILES string of the molecule is CCCNC(=S)N[C@@H](c1ccccc1)c1ccc(OC(F)F)cc1. The molecule has 0 aliphatic rings. The lowest BCUT2D eigenvalue weighted by molar-refractivity contribution is -0.0498. The zero-order chi connectivity index (χ0) is 17.4. The van der Waals surface area contributed by atoms with Gasteiger partial charge in [-0.3, -0.25) is 0 Å². The highest BCUT2D eigenvalue weighted by Crippen LogP contribution is 2.24. The first-order valence-electron chi connectivity index (χ1n) is 7.74. The van der Waals surface area contributed by atoms with Crippen LogP contribution in [0.3, 0.4) is 0 Å². The van der Waals surface area contributed by atoms with Crippen molar-refractivity contribution >= 4 is 17.3 Å². The van der Waals surface area contributed by atoms with E-state index in [-0.39, 0.29) is 11.8 Å². The van der Waals surface area contributed by atoms with Crippen LogP contribution in [0.15, 0.2) is 54.6 Å². The molecule has 0 amide bonds. The van der Waals surface area contributed by atoms with E-state index in [1.165, 1.54) is 12.1 Å². The minimum Gasteiger partial charge on any atom is -0.435 e. The molecule has 1 atom stereocenters. The standard InChI is InChI=1S/C18H20F2N2OS/c1-2-12-21-18(24)22-16(13-6-4-3-5-7-13)14-8-10-15(11-9-14)23-17(19)20/h3-11,16-17H,2,12H2,1H3,(H2,21,22,24)/t16-/m0/s1. The summed E-state index contributed by atoms with van der Waals surface area (Å²) in [6.07, 6.45) is 0.970. The molecule has 0 fully saturated rings. The topological polar surface area (TPSA) is 33.3 Å². The highest BCUT2D eigenvalue weighted by molar-refractivity contribution is 7.80. The van der Waals surface area contributed by atoms with E-state index < -0.39 is 6.61 Å². The van der Waals surface area contributed by atoms with Gasteiger partial charge in [-0.2, -0.15) is 8.78 Å². The van der Waals surface area contributed by atoms with Crippen molar-refractivity contribution in [1.82, 2.24) is 10.6 Å². The van der Waals surface area contributed by atoms with Gasteiger partial charge in [0.2, 0.25) is 0 Å². The quantitative estimate of drug-likeness (QED) is 0.732. The van der Waals surface area contributed by atoms with Crippen molar-refractivity contribution in [2.75, 3.05) is 6.54 Å². The van der Waals surface area contributed by atoms with Crippen LogP contribution >= 0.6 is 12.2 Å². The molecule has 6 heteroatoms. The van der Waals surface area contributed by atoms with Crippen LogP contribution in [0.5, 0.6) is 5.75 Å². The maximum Gasteiger partial charge on any atom is 0.387 e. The first-order valence-corrected chi connectivity index (χ1v) is 8.15. The molecule has 0 saturated heterocycles. The molecule has 0 spiro atoms. The van der Waals surface area contributed by atoms with E-state index in [1.807, 2.05) is 30.3 Å². The third-order valence-corrected chi connectivity index (χ3v) is 3.64. The van der Waals surface area contributed by atoms with Gasteiger partial charge >= 0.3 is 6.61 Å². The molecule has 2 N–H and O–H groups in total. The summed E-state index contributed by atoms with van der Waals surface area (Å²) in [5.41, 5.74) is 1.93. The fraction of sp³-hybridized carbons (Fsp3) is 0.278. The van der Waals surface area contributed by atoms with Crippen molar-refractivity contribution in [3.63, 3.8) is 0 Å². The van der Waals surface area contributed by atoms with E-state index in [0.29, 0.717) is 5.11 Å². The lowest BCUT2D eigenvalue weighted by atomic mass is 9.99. The number of hydrogen-bond donors (Lipinski definition) is 2. The van der Waals surface area contributed by atoms with Gasteiger partial charge in [-0.05, 0) is 41.9 Å². The number of nitrogens with one attached hydrogen (secondary N) is 2. The largest absolute Gasteiger partial charge is 0.435 e. The third-order valence-electron chi connectivity index (χ3n) is 3.38. The molecule has 3 nitrogen and oxygen atoms in total. The van der Waals surface area contributed by atoms with Gasteiger partial charge in [0.15, 0.2) is 5.11 Å². The van der Waals surface area contributed by atoms with Crippen LogP contribution in [0.1, 0.15) is 30.5 Å². The summed E-state index contributed by atoms with van der Waals surface area (Å²) >= 11 is 5.33. The number of benzene rings is 2. The van der Waals surface area contributed by atoms with E-state index in [9.17, 15) is 8.78 Å². The van der Waals surface area contributed by atoms with Crippen molar-refractivity contribution in [2.45, 2.75) is 26.0 Å². The second kappa shape index (κ2) is 9.17. The first-order chi connectivity index (χ1) is 11.6. The Morgan fingerprint density at radius 3 is 2.25 bits per heavy atom. The lowest BCUT2D eigenvalue weighted by Gasteiger charge is -2.22. The zero-order valence-electron chi connectivity index (χ0n) is 13.3. The molecule has 2 rings (SSSR count). The van der Waals surface area contributed by atoms with Crippen LogP contribution in [0.2, 0.25) is 0 Å². The Labute approximate surface area is 146 Å². The molecule has 2 aromatic carbocycles. The molecule has 0 aromatic heterocycles. The summed E-state index contributed by atoms with van der Waals surface area (Å²) in [7, 11) is 0. The Kier molecular flexibility index (Phi) is 6.93. The van der Waals surface area contributed by atoms with Gasteiger partial charge in [-0.25, -0.2) is 0 Å². The first kappa shape index (κ1) is 18.1. The van der Waals surface area contributed by atoms with Gasteiger partial charge < -0.3 is 15.4 Å². The van der Waals surface area contributed by atoms with Crippen molar-refractivity contribution in [3.8, 4) is 5.75 Å². The summed E-state index contributed by atoms with van der Waals surface area (Å²) < 4.78 is 28.9. The predicted octanol–water partition coefficient (Wildman–Crippen LogP) is 4.25. The van der Waals surface area contributed by atoms with Crippen LogP contribution < -0.4 is 15.4 Å². The minimum absolute atomic E-state index is 0.132. The molecule has 2 aromatic rings. The summed E-state index contributed by atoms with van der Waals surface area (Å²) in [5.74, 6) is 0.132. The van der Waals surface area contributed by atoms with Gasteiger partial charge in [-0.1, -0.05) is 49.4 Å². The second-order valence-corrected chi connectivity index (χ2v) is 5.60. The predicted molar refractivity (Wildman–Crippen MR) is 95.4 cm³/mol. The van der Waals surface area contributed by atoms with Crippen molar-refractivity contribution < 1.29 is 13.5 Å². The van der Waals surface area contributed by atoms with Gasteiger partial charge in [0.25, 0.3) is 0 Å². The zero-order valence-corrected chi connectivity index (χ0v) is 14.2. The maximum atomic E-state index is 12.3. The number of rotatable bonds is 7. The van der Waals surface area contributed by atoms with Crippen molar-refractivity contribution in [1.29, 1.82) is 0 Å². The van der Waals surface area contributed by atoms with E-state index >= 15 is 0 Å². The summed E-state index contributed by atoms with van der Waals surface area (Å²) in [5, 5.41) is 6.97. The Morgan fingerprint density at radius 1 is 1.04 bits per heavy atom. The molecule has 0 heterocycles. The normalized spacial score (nSPS) is 11.8. The Bertz CT molecular complexity index is 635. The van der Waals surface area contributed by atoms with E-state index in [4.69, 9.17) is 12.2 Å². The Hall–Kier alpha value is -2.21. The van der Waals surface area contributed by atoms with Gasteiger partial charge in [0.05, 0.1) is 6.04 Å². The fourth-order valence-corrected chi connectivity index (χ4v) is 2.49. The molecule has 0 unspecified atom stereocenters. The highest BCUT2D eigenvalue weighted by Gasteiger charge is 2.15. The monoisotopic (exact) mass is 350 g/mol. The van der Waals surface area contributed by atoms with Gasteiger partial charge in [0, 0.05) is 6.54 Å². The molecular weight excluding hydrogens is 330 g/mol. The van der Waals surface area contributed by atoms with Crippen LogP contribution in [-0.4, -0.2) is 18.3 Å². The minimum atomic E-state index is -2.83. The average Bonchev–Trinajstić information content (AvgIpc) is 2.59. The van der Waals surface area contributed by atoms with Gasteiger partial charge in [-0.15, -0.1) is 0 Å². The molecule has 0 bridgehead atoms. The van der Waals surface area contributed by atoms with E-state index in [2.05, 4.69) is 22.3 Å². The molecule has 24 heavy (non-hydrogen) atoms. The van der Waals surface area contributed by atoms with Crippen LogP contribution in [0.25, 0.3) is 0 Å². The van der Waals surface area contributed by atoms with Crippen molar-refractivity contribution in [3.05, 3.63) is 65.7 Å². The number of thiocarbonyl (C=S) groups is 1. The molecular formula is C18H20F2N2OS. The van der Waals surface area contributed by atoms with Gasteiger partial charge in [0.1, 0.15) is 5.75 Å². The maximum absolute atomic E-state index is 12.3. The highest BCUT2D eigenvalue weighted by atomic mass is 32.1. The lowest BCUT2D eigenvalue weighted by Crippen LogP contribution is -2.38. The Morgan fingerprint density at radius 2 is 1.67 bits per heavy atom. The number of halogens is 2. The molecule has 0 radical (unpaired) electrons. The molecule has 128 valence electrons. The molecule has 0 saturated carbocycles. The van der Waals surface area contributed by atoms with E-state index in [1.54, 1.807) is 12.1 Å². The van der Waals surface area contributed by atoms with E-state index in [0.717, 1.165) is 24.1 Å². The fourth-order valence-electron chi connectivity index (χ4n) is 2.27. The van der Waals surface area contributed by atoms with Crippen LogP contribution in [0, 0.1) is 0 Å². The molecule has 0 aliphatic carbocycles. The van der Waals surface area contributed by atoms with Crippen molar-refractivity contribution in [2.24, 2.45) is 0 Å². The number of alkyl halides is 2. The number of hydrogen-bond acceptors (Lipinski definition) is 2. The second-order valence-electron chi connectivity index (χ2n) is 5.19. The smallest absolute Gasteiger partial charge is 0.387 e. The van der Waals surface area contributed by atoms with Crippen LogP contribution in [0.4, 0.5) is 8.78 Å². The number of ether oxygens (including phenoxy) is 1. The third kappa shape index (κ3) is 5.45. The molecule has 0 aliphatic heterocycles. The average molecular weight is 350 g/mol. The Balaban J connectivity index is 2.20.